The molecule has 0 aromatic heterocycles. The molecule has 0 fully saturated rings. The average molecular weight is 315 g/mol. The van der Waals surface area contributed by atoms with E-state index in [0.29, 0.717) is 0 Å². The molecule has 0 unspecified atom stereocenters. The molecule has 2 heteroatoms. The molecule has 0 atom stereocenters. The first-order valence-corrected chi connectivity index (χ1v) is 6.44. The summed E-state index contributed by atoms with van der Waals surface area (Å²) in [5, 5.41) is 0. The second kappa shape index (κ2) is 3.91. The Morgan fingerprint density at radius 3 is 1.57 bits per heavy atom. The van der Waals surface area contributed by atoms with Crippen molar-refractivity contribution in [1.29, 1.82) is 0 Å². The van der Waals surface area contributed by atoms with Crippen molar-refractivity contribution in [1.82, 2.24) is 0 Å². The van der Waals surface area contributed by atoms with Gasteiger partial charge in [-0.3, -0.25) is 0 Å². The average Bonchev–Trinajstić information content (AvgIpc) is 2.56. The predicted octanol–water partition coefficient (Wildman–Crippen LogP) is -3.20. The Morgan fingerprint density at radius 1 is 0.643 bits per heavy atom. The van der Waals surface area contributed by atoms with Crippen LogP contribution in [0.2, 0.25) is 0 Å². The first-order chi connectivity index (χ1) is 6.45. The van der Waals surface area contributed by atoms with Crippen molar-refractivity contribution in [3.63, 3.8) is 0 Å². The van der Waals surface area contributed by atoms with Gasteiger partial charge in [-0.1, -0.05) is 0 Å². The molecule has 0 N–H and O–H groups in total. The summed E-state index contributed by atoms with van der Waals surface area (Å²) in [4.78, 5) is 0. The molecule has 0 radical (unpaired) electrons. The van der Waals surface area contributed by atoms with Gasteiger partial charge in [0.05, 0.1) is 0 Å². The quantitative estimate of drug-likeness (QED) is 0.384. The second-order valence-corrected chi connectivity index (χ2v) is 5.92. The van der Waals surface area contributed by atoms with Gasteiger partial charge in [-0.05, 0) is 0 Å². The molecule has 0 aliphatic carbocycles. The predicted molar refractivity (Wildman–Crippen MR) is 49.3 cm³/mol. The summed E-state index contributed by atoms with van der Waals surface area (Å²) < 4.78 is 3.14. The van der Waals surface area contributed by atoms with Gasteiger partial charge in [0, 0.05) is 0 Å². The van der Waals surface area contributed by atoms with Crippen molar-refractivity contribution < 1.29 is 33.6 Å². The molecule has 72 valence electrons. The number of hydrogen-bond acceptors (Lipinski definition) is 0. The van der Waals surface area contributed by atoms with Gasteiger partial charge in [0.2, 0.25) is 0 Å². The van der Waals surface area contributed by atoms with Crippen molar-refractivity contribution >= 4 is 0 Å². The van der Waals surface area contributed by atoms with Gasteiger partial charge in [-0.15, -0.1) is 0 Å². The molecule has 1 aliphatic heterocycles. The number of benzene rings is 2. The van der Waals surface area contributed by atoms with Gasteiger partial charge < -0.3 is 12.4 Å². The third kappa shape index (κ3) is 1.44. The Bertz CT molecular complexity index is 422. The summed E-state index contributed by atoms with van der Waals surface area (Å²) in [6.07, 6.45) is 0. The van der Waals surface area contributed by atoms with Gasteiger partial charge in [-0.25, -0.2) is 0 Å². The van der Waals surface area contributed by atoms with E-state index < -0.39 is 0 Å². The van der Waals surface area contributed by atoms with E-state index in [0.717, 1.165) is 0 Å². The van der Waals surface area contributed by atoms with Crippen molar-refractivity contribution in [2.75, 3.05) is 0 Å². The van der Waals surface area contributed by atoms with Crippen molar-refractivity contribution in [2.24, 2.45) is 0 Å². The van der Waals surface area contributed by atoms with Crippen LogP contribution in [0.4, 0.5) is 0 Å². The fraction of sp³-hybridized carbons (Fsp3) is 0. The Kier molecular flexibility index (Phi) is 2.79. The molecular formula is C12H8ClI-2. The van der Waals surface area contributed by atoms with E-state index in [9.17, 15) is 0 Å². The second-order valence-electron chi connectivity index (χ2n) is 3.05. The van der Waals surface area contributed by atoms with E-state index in [-0.39, 0.29) is 33.6 Å². The number of hydrogen-bond donors (Lipinski definition) is 0. The third-order valence-corrected chi connectivity index (χ3v) is 5.29. The zero-order valence-corrected chi connectivity index (χ0v) is 10.3. The van der Waals surface area contributed by atoms with Gasteiger partial charge in [0.1, 0.15) is 0 Å². The van der Waals surface area contributed by atoms with Crippen LogP contribution in [0, 0.1) is 7.14 Å². The zero-order valence-electron chi connectivity index (χ0n) is 7.37. The molecule has 0 spiro atoms. The fourth-order valence-electron chi connectivity index (χ4n) is 1.63. The maximum atomic E-state index is 2.27. The van der Waals surface area contributed by atoms with Gasteiger partial charge in [0.25, 0.3) is 0 Å². The van der Waals surface area contributed by atoms with Crippen LogP contribution in [0.25, 0.3) is 11.1 Å². The van der Waals surface area contributed by atoms with E-state index in [1.807, 2.05) is 0 Å². The van der Waals surface area contributed by atoms with Crippen LogP contribution in [-0.2, 0) is 0 Å². The Balaban J connectivity index is 0.000000750. The zero-order chi connectivity index (χ0) is 8.67. The minimum atomic E-state index is 0. The Labute approximate surface area is 100 Å². The first-order valence-electron chi connectivity index (χ1n) is 4.28. The molecular weight excluding hydrogens is 306 g/mol. The molecule has 0 saturated carbocycles. The van der Waals surface area contributed by atoms with Gasteiger partial charge >= 0.3 is 88.0 Å². The van der Waals surface area contributed by atoms with Crippen LogP contribution in [0.15, 0.2) is 48.5 Å². The molecule has 0 nitrogen and oxygen atoms in total. The molecule has 0 saturated heterocycles. The maximum absolute atomic E-state index is 2.27. The Hall–Kier alpha value is -0.540. The minimum absolute atomic E-state index is 0. The van der Waals surface area contributed by atoms with E-state index in [2.05, 4.69) is 48.5 Å². The van der Waals surface area contributed by atoms with E-state index in [1.165, 1.54) is 11.1 Å². The molecule has 0 amide bonds. The van der Waals surface area contributed by atoms with Crippen molar-refractivity contribution in [2.45, 2.75) is 0 Å². The normalized spacial score (nSPS) is 12.0. The first kappa shape index (κ1) is 9.99. The summed E-state index contributed by atoms with van der Waals surface area (Å²) in [6, 6.07) is 17.6. The SMILES string of the molecule is [Cl-].c1ccc2c(c1)[I-]c1ccccc1-2. The van der Waals surface area contributed by atoms with E-state index >= 15 is 0 Å². The van der Waals surface area contributed by atoms with E-state index in [1.54, 1.807) is 7.14 Å². The van der Waals surface area contributed by atoms with Crippen LogP contribution >= 0.6 is 0 Å². The summed E-state index contributed by atoms with van der Waals surface area (Å²) >= 11 is 0.103. The molecule has 2 aromatic rings. The molecule has 1 aliphatic rings. The monoisotopic (exact) mass is 314 g/mol. The summed E-state index contributed by atoms with van der Waals surface area (Å²) in [5.41, 5.74) is 2.93. The summed E-state index contributed by atoms with van der Waals surface area (Å²) in [6.45, 7) is 0. The number of rotatable bonds is 0. The number of halogens is 2. The van der Waals surface area contributed by atoms with Crippen LogP contribution in [-0.4, -0.2) is 0 Å². The van der Waals surface area contributed by atoms with Crippen LogP contribution in [0.5, 0.6) is 0 Å². The number of fused-ring (bicyclic) bond motifs is 3. The standard InChI is InChI=1S/C12H8I.ClH/c1-3-7-11-9(5-1)10-6-2-4-8-12(10)13-11;/h1-8H;1H/q-1;/p-1. The molecule has 3 rings (SSSR count). The van der Waals surface area contributed by atoms with Crippen molar-refractivity contribution in [3.8, 4) is 11.1 Å². The summed E-state index contributed by atoms with van der Waals surface area (Å²) in [5.74, 6) is 0. The molecule has 0 bridgehead atoms. The van der Waals surface area contributed by atoms with Crippen LogP contribution in [0.1, 0.15) is 0 Å². The topological polar surface area (TPSA) is 0 Å². The van der Waals surface area contributed by atoms with Crippen molar-refractivity contribution in [3.05, 3.63) is 55.7 Å². The van der Waals surface area contributed by atoms with Gasteiger partial charge in [0.15, 0.2) is 0 Å². The fourth-order valence-corrected chi connectivity index (χ4v) is 4.56. The van der Waals surface area contributed by atoms with E-state index in [4.69, 9.17) is 0 Å². The van der Waals surface area contributed by atoms with Crippen LogP contribution < -0.4 is 33.6 Å². The molecule has 14 heavy (non-hydrogen) atoms. The third-order valence-electron chi connectivity index (χ3n) is 2.24. The van der Waals surface area contributed by atoms with Crippen LogP contribution in [0.3, 0.4) is 0 Å². The van der Waals surface area contributed by atoms with Gasteiger partial charge in [-0.2, -0.15) is 0 Å². The Morgan fingerprint density at radius 2 is 1.07 bits per heavy atom. The molecule has 1 heterocycles. The molecule has 2 aromatic carbocycles. The summed E-state index contributed by atoms with van der Waals surface area (Å²) in [7, 11) is 0.